The van der Waals surface area contributed by atoms with Crippen molar-refractivity contribution in [2.45, 2.75) is 6.92 Å². The van der Waals surface area contributed by atoms with E-state index in [1.807, 2.05) is 0 Å². The van der Waals surface area contributed by atoms with Gasteiger partial charge in [0, 0.05) is 6.07 Å². The third-order valence-electron chi connectivity index (χ3n) is 1.86. The second-order valence-electron chi connectivity index (χ2n) is 3.03. The number of ether oxygens (including phenoxy) is 2. The molecule has 0 aromatic heterocycles. The minimum Gasteiger partial charge on any atom is -0.478 e. The number of carbonyl (C=O) groups is 2. The van der Waals surface area contributed by atoms with Crippen molar-refractivity contribution >= 4 is 17.8 Å². The van der Waals surface area contributed by atoms with Gasteiger partial charge < -0.3 is 14.6 Å². The van der Waals surface area contributed by atoms with Crippen LogP contribution in [0.3, 0.4) is 0 Å². The Morgan fingerprint density at radius 2 is 2.11 bits per heavy atom. The molecule has 0 radical (unpaired) electrons. The Morgan fingerprint density at radius 3 is 2.61 bits per heavy atom. The van der Waals surface area contributed by atoms with Crippen molar-refractivity contribution in [1.29, 1.82) is 0 Å². The fourth-order valence-corrected chi connectivity index (χ4v) is 1.12. The number of benzene rings is 1. The van der Waals surface area contributed by atoms with E-state index in [0.29, 0.717) is 0 Å². The Labute approximate surface area is 101 Å². The molecule has 1 aromatic carbocycles. The minimum absolute atomic E-state index is 0.0554. The van der Waals surface area contributed by atoms with Crippen LogP contribution in [0.5, 0.6) is 5.75 Å². The first-order chi connectivity index (χ1) is 8.45. The van der Waals surface area contributed by atoms with Gasteiger partial charge in [0.2, 0.25) is 5.75 Å². The average molecular weight is 255 g/mol. The first kappa shape index (κ1) is 13.4. The molecule has 0 aliphatic rings. The smallest absolute Gasteiger partial charge is 0.478 e. The Balaban J connectivity index is 3.08. The monoisotopic (exact) mass is 255 g/mol. The first-order valence-corrected chi connectivity index (χ1v) is 4.82. The SMILES string of the molecule is CCOC(=O)Oc1ccc(C(=O)O)cc1[N+](=O)[O-]. The van der Waals surface area contributed by atoms with Crippen LogP contribution in [-0.2, 0) is 4.74 Å². The zero-order valence-electron chi connectivity index (χ0n) is 9.28. The molecule has 0 spiro atoms. The lowest BCUT2D eigenvalue weighted by Crippen LogP contribution is -2.11. The fourth-order valence-electron chi connectivity index (χ4n) is 1.12. The van der Waals surface area contributed by atoms with Crippen LogP contribution >= 0.6 is 0 Å². The van der Waals surface area contributed by atoms with Gasteiger partial charge in [-0.25, -0.2) is 9.59 Å². The summed E-state index contributed by atoms with van der Waals surface area (Å²) in [5.74, 6) is -1.69. The number of carbonyl (C=O) groups excluding carboxylic acids is 1. The molecule has 0 amide bonds. The summed E-state index contributed by atoms with van der Waals surface area (Å²) in [7, 11) is 0. The molecule has 0 aliphatic heterocycles. The number of aromatic carboxylic acids is 1. The summed E-state index contributed by atoms with van der Waals surface area (Å²) in [6.45, 7) is 1.60. The number of carboxylic acid groups (broad SMARTS) is 1. The van der Waals surface area contributed by atoms with Crippen molar-refractivity contribution in [3.05, 3.63) is 33.9 Å². The Morgan fingerprint density at radius 1 is 1.44 bits per heavy atom. The number of hydrogen-bond donors (Lipinski definition) is 1. The number of hydrogen-bond acceptors (Lipinski definition) is 6. The molecular formula is C10H9NO7. The summed E-state index contributed by atoms with van der Waals surface area (Å²) >= 11 is 0. The molecule has 0 unspecified atom stereocenters. The van der Waals surface area contributed by atoms with Gasteiger partial charge in [-0.05, 0) is 19.1 Å². The van der Waals surface area contributed by atoms with Gasteiger partial charge in [0.05, 0.1) is 17.1 Å². The topological polar surface area (TPSA) is 116 Å². The molecule has 0 saturated carbocycles. The Hall–Kier alpha value is -2.64. The molecule has 0 heterocycles. The maximum atomic E-state index is 11.0. The molecule has 0 aliphatic carbocycles. The first-order valence-electron chi connectivity index (χ1n) is 4.82. The van der Waals surface area contributed by atoms with Crippen LogP contribution in [0.2, 0.25) is 0 Å². The van der Waals surface area contributed by atoms with Gasteiger partial charge >= 0.3 is 17.8 Å². The van der Waals surface area contributed by atoms with Crippen LogP contribution in [-0.4, -0.2) is 28.8 Å². The predicted molar refractivity (Wildman–Crippen MR) is 57.7 cm³/mol. The summed E-state index contributed by atoms with van der Waals surface area (Å²) in [4.78, 5) is 31.5. The quantitative estimate of drug-likeness (QED) is 0.377. The molecular weight excluding hydrogens is 246 g/mol. The van der Waals surface area contributed by atoms with E-state index in [1.54, 1.807) is 6.92 Å². The van der Waals surface area contributed by atoms with E-state index < -0.39 is 22.7 Å². The zero-order chi connectivity index (χ0) is 13.7. The van der Waals surface area contributed by atoms with E-state index in [1.165, 1.54) is 0 Å². The Kier molecular flexibility index (Phi) is 4.19. The van der Waals surface area contributed by atoms with Gasteiger partial charge in [-0.2, -0.15) is 0 Å². The minimum atomic E-state index is -1.32. The summed E-state index contributed by atoms with van der Waals surface area (Å²) in [5.41, 5.74) is -0.902. The standard InChI is InChI=1S/C10H9NO7/c1-2-17-10(14)18-8-4-3-6(9(12)13)5-7(8)11(15)16/h3-5H,2H2,1H3,(H,12,13). The Bertz CT molecular complexity index is 497. The van der Waals surface area contributed by atoms with E-state index in [0.717, 1.165) is 18.2 Å². The van der Waals surface area contributed by atoms with Crippen molar-refractivity contribution < 1.29 is 29.1 Å². The van der Waals surface area contributed by atoms with Crippen LogP contribution in [0, 0.1) is 10.1 Å². The van der Waals surface area contributed by atoms with Gasteiger partial charge in [0.25, 0.3) is 0 Å². The van der Waals surface area contributed by atoms with Gasteiger partial charge in [0.1, 0.15) is 0 Å². The maximum Gasteiger partial charge on any atom is 0.514 e. The average Bonchev–Trinajstić information content (AvgIpc) is 2.29. The van der Waals surface area contributed by atoms with Crippen LogP contribution < -0.4 is 4.74 Å². The van der Waals surface area contributed by atoms with Crippen LogP contribution in [0.4, 0.5) is 10.5 Å². The third-order valence-corrected chi connectivity index (χ3v) is 1.86. The highest BCUT2D eigenvalue weighted by molar-refractivity contribution is 5.89. The van der Waals surface area contributed by atoms with Gasteiger partial charge in [-0.15, -0.1) is 0 Å². The van der Waals surface area contributed by atoms with Crippen LogP contribution in [0.15, 0.2) is 18.2 Å². The normalized spacial score (nSPS) is 9.61. The fraction of sp³-hybridized carbons (Fsp3) is 0.200. The van der Waals surface area contributed by atoms with Gasteiger partial charge in [-0.1, -0.05) is 0 Å². The molecule has 96 valence electrons. The summed E-state index contributed by atoms with van der Waals surface area (Å²) in [6.07, 6.45) is -1.09. The van der Waals surface area contributed by atoms with E-state index in [9.17, 15) is 19.7 Å². The molecule has 1 rings (SSSR count). The summed E-state index contributed by atoms with van der Waals surface area (Å²) < 4.78 is 9.04. The molecule has 1 aromatic rings. The van der Waals surface area contributed by atoms with Crippen LogP contribution in [0.1, 0.15) is 17.3 Å². The number of carboxylic acids is 1. The van der Waals surface area contributed by atoms with Crippen molar-refractivity contribution in [3.8, 4) is 5.75 Å². The molecule has 1 N–H and O–H groups in total. The lowest BCUT2D eigenvalue weighted by molar-refractivity contribution is -0.385. The predicted octanol–water partition coefficient (Wildman–Crippen LogP) is 1.83. The van der Waals surface area contributed by atoms with Crippen LogP contribution in [0.25, 0.3) is 0 Å². The van der Waals surface area contributed by atoms with Gasteiger partial charge in [0.15, 0.2) is 0 Å². The van der Waals surface area contributed by atoms with Crippen molar-refractivity contribution in [2.75, 3.05) is 6.61 Å². The second kappa shape index (κ2) is 5.62. The number of rotatable bonds is 4. The highest BCUT2D eigenvalue weighted by Gasteiger charge is 2.21. The van der Waals surface area contributed by atoms with Crippen molar-refractivity contribution in [2.24, 2.45) is 0 Å². The van der Waals surface area contributed by atoms with E-state index in [4.69, 9.17) is 5.11 Å². The lowest BCUT2D eigenvalue weighted by atomic mass is 10.2. The summed E-state index contributed by atoms with van der Waals surface area (Å²) in [6, 6.07) is 2.92. The molecule has 0 saturated heterocycles. The van der Waals surface area contributed by atoms with E-state index >= 15 is 0 Å². The lowest BCUT2D eigenvalue weighted by Gasteiger charge is -2.05. The maximum absolute atomic E-state index is 11.0. The van der Waals surface area contributed by atoms with Crippen molar-refractivity contribution in [3.63, 3.8) is 0 Å². The third kappa shape index (κ3) is 3.17. The molecule has 0 atom stereocenters. The summed E-state index contributed by atoms with van der Waals surface area (Å²) in [5, 5.41) is 19.4. The number of nitro benzene ring substituents is 1. The largest absolute Gasteiger partial charge is 0.514 e. The molecule has 0 fully saturated rings. The molecule has 0 bridgehead atoms. The highest BCUT2D eigenvalue weighted by atomic mass is 16.7. The number of nitro groups is 1. The van der Waals surface area contributed by atoms with E-state index in [-0.39, 0.29) is 17.9 Å². The zero-order valence-corrected chi connectivity index (χ0v) is 9.28. The molecule has 8 nitrogen and oxygen atoms in total. The van der Waals surface area contributed by atoms with E-state index in [2.05, 4.69) is 9.47 Å². The number of nitrogens with zero attached hydrogens (tertiary/aromatic N) is 1. The van der Waals surface area contributed by atoms with Crippen molar-refractivity contribution in [1.82, 2.24) is 0 Å². The van der Waals surface area contributed by atoms with Gasteiger partial charge in [-0.3, -0.25) is 10.1 Å². The molecule has 8 heteroatoms. The second-order valence-corrected chi connectivity index (χ2v) is 3.03. The highest BCUT2D eigenvalue weighted by Crippen LogP contribution is 2.28. The molecule has 18 heavy (non-hydrogen) atoms.